The molecule has 0 saturated carbocycles. The summed E-state index contributed by atoms with van der Waals surface area (Å²) < 4.78 is 3.70. The van der Waals surface area contributed by atoms with E-state index in [4.69, 9.17) is 5.10 Å². The van der Waals surface area contributed by atoms with E-state index in [9.17, 15) is 0 Å². The van der Waals surface area contributed by atoms with Crippen LogP contribution in [0, 0.1) is 0 Å². The third kappa shape index (κ3) is 3.23. The molecule has 1 aliphatic heterocycles. The number of hydrogen-bond acceptors (Lipinski definition) is 6. The highest BCUT2D eigenvalue weighted by Crippen LogP contribution is 2.23. The predicted octanol–water partition coefficient (Wildman–Crippen LogP) is 2.24. The Kier molecular flexibility index (Phi) is 4.05. The maximum absolute atomic E-state index is 4.74. The van der Waals surface area contributed by atoms with E-state index in [1.165, 1.54) is 5.69 Å². The van der Waals surface area contributed by atoms with Crippen LogP contribution in [0.3, 0.4) is 0 Å². The largest absolute Gasteiger partial charge is 0.367 e. The predicted molar refractivity (Wildman–Crippen MR) is 102 cm³/mol. The van der Waals surface area contributed by atoms with E-state index in [1.54, 1.807) is 0 Å². The van der Waals surface area contributed by atoms with Gasteiger partial charge in [-0.3, -0.25) is 4.68 Å². The van der Waals surface area contributed by atoms with Gasteiger partial charge in [0.15, 0.2) is 11.5 Å². The number of nitrogens with one attached hydrogen (secondary N) is 1. The highest BCUT2D eigenvalue weighted by atomic mass is 15.4. The topological polar surface area (TPSA) is 76.2 Å². The average Bonchev–Trinajstić information content (AvgIpc) is 3.20. The molecule has 26 heavy (non-hydrogen) atoms. The lowest BCUT2D eigenvalue weighted by Gasteiger charge is -2.34. The van der Waals surface area contributed by atoms with Gasteiger partial charge in [-0.2, -0.15) is 9.61 Å². The first-order valence-corrected chi connectivity index (χ1v) is 9.13. The number of hydrogen-bond donors (Lipinski definition) is 1. The summed E-state index contributed by atoms with van der Waals surface area (Å²) in [5, 5.41) is 21.2. The molecule has 0 aromatic carbocycles. The number of nitrogens with zero attached hydrogens (tertiary/aromatic N) is 7. The van der Waals surface area contributed by atoms with E-state index >= 15 is 0 Å². The van der Waals surface area contributed by atoms with E-state index < -0.39 is 0 Å². The summed E-state index contributed by atoms with van der Waals surface area (Å²) in [5.74, 6) is 1.73. The lowest BCUT2D eigenvalue weighted by molar-refractivity contribution is 0.520. The zero-order valence-electron chi connectivity index (χ0n) is 15.8. The highest BCUT2D eigenvalue weighted by Gasteiger charge is 2.24. The summed E-state index contributed by atoms with van der Waals surface area (Å²) >= 11 is 0. The number of piperidine rings is 1. The van der Waals surface area contributed by atoms with Crippen molar-refractivity contribution in [3.8, 4) is 0 Å². The molecule has 4 rings (SSSR count). The molecular weight excluding hydrogens is 328 g/mol. The fraction of sp³-hybridized carbons (Fsp3) is 0.556. The smallest absolute Gasteiger partial charge is 0.178 e. The molecule has 3 aromatic heterocycles. The second-order valence-corrected chi connectivity index (χ2v) is 8.06. The fourth-order valence-electron chi connectivity index (χ4n) is 3.44. The second-order valence-electron chi connectivity index (χ2n) is 8.06. The molecule has 0 aliphatic carbocycles. The molecule has 0 amide bonds. The van der Waals surface area contributed by atoms with Crippen molar-refractivity contribution in [2.75, 3.05) is 23.3 Å². The van der Waals surface area contributed by atoms with Gasteiger partial charge in [-0.25, -0.2) is 0 Å². The molecular formula is C18H26N8. The average molecular weight is 354 g/mol. The third-order valence-electron chi connectivity index (χ3n) is 4.76. The van der Waals surface area contributed by atoms with Gasteiger partial charge in [-0.05, 0) is 25.0 Å². The Bertz CT molecular complexity index is 903. The maximum atomic E-state index is 4.74. The minimum absolute atomic E-state index is 0.104. The van der Waals surface area contributed by atoms with Gasteiger partial charge in [0.2, 0.25) is 0 Å². The van der Waals surface area contributed by atoms with Crippen molar-refractivity contribution in [3.05, 3.63) is 30.4 Å². The van der Waals surface area contributed by atoms with Crippen LogP contribution in [0.15, 0.2) is 24.5 Å². The molecule has 0 radical (unpaired) electrons. The third-order valence-corrected chi connectivity index (χ3v) is 4.76. The molecule has 1 atom stereocenters. The summed E-state index contributed by atoms with van der Waals surface area (Å²) in [6.07, 6.45) is 6.28. The molecule has 0 bridgehead atoms. The van der Waals surface area contributed by atoms with E-state index in [2.05, 4.69) is 52.5 Å². The van der Waals surface area contributed by atoms with Gasteiger partial charge >= 0.3 is 0 Å². The molecule has 1 N–H and O–H groups in total. The lowest BCUT2D eigenvalue weighted by Crippen LogP contribution is -2.42. The number of fused-ring (bicyclic) bond motifs is 1. The van der Waals surface area contributed by atoms with Crippen LogP contribution < -0.4 is 10.2 Å². The minimum Gasteiger partial charge on any atom is -0.367 e. The molecule has 8 heteroatoms. The van der Waals surface area contributed by atoms with Gasteiger partial charge < -0.3 is 10.2 Å². The van der Waals surface area contributed by atoms with Crippen LogP contribution in [0.5, 0.6) is 0 Å². The normalized spacial score (nSPS) is 18.5. The van der Waals surface area contributed by atoms with Crippen LogP contribution in [-0.4, -0.2) is 48.7 Å². The van der Waals surface area contributed by atoms with E-state index in [0.717, 1.165) is 43.2 Å². The van der Waals surface area contributed by atoms with Crippen LogP contribution in [0.1, 0.15) is 39.4 Å². The van der Waals surface area contributed by atoms with Crippen molar-refractivity contribution < 1.29 is 0 Å². The Morgan fingerprint density at radius 3 is 2.77 bits per heavy atom. The summed E-state index contributed by atoms with van der Waals surface area (Å²) in [7, 11) is 1.95. The standard InChI is InChI=1S/C18H26N8/c1-18(2,3)17-22-21-16-8-7-15(23-26(16)17)20-13-6-5-9-25(11-13)14-10-19-24(4)12-14/h7-8,10,12-13H,5-6,9,11H2,1-4H3,(H,20,23). The summed E-state index contributed by atoms with van der Waals surface area (Å²) in [4.78, 5) is 2.38. The van der Waals surface area contributed by atoms with Gasteiger partial charge in [-0.1, -0.05) is 20.8 Å². The Morgan fingerprint density at radius 2 is 2.04 bits per heavy atom. The van der Waals surface area contributed by atoms with Crippen molar-refractivity contribution in [2.24, 2.45) is 7.05 Å². The van der Waals surface area contributed by atoms with Crippen LogP contribution in [0.4, 0.5) is 11.5 Å². The van der Waals surface area contributed by atoms with Gasteiger partial charge in [0.25, 0.3) is 0 Å². The summed E-state index contributed by atoms with van der Waals surface area (Å²) in [6, 6.07) is 4.31. The van der Waals surface area contributed by atoms with Gasteiger partial charge in [0.1, 0.15) is 5.82 Å². The fourth-order valence-corrected chi connectivity index (χ4v) is 3.44. The second kappa shape index (κ2) is 6.26. The molecule has 4 heterocycles. The monoisotopic (exact) mass is 354 g/mol. The van der Waals surface area contributed by atoms with Crippen molar-refractivity contribution in [1.82, 2.24) is 29.6 Å². The van der Waals surface area contributed by atoms with Crippen LogP contribution in [-0.2, 0) is 12.5 Å². The van der Waals surface area contributed by atoms with Crippen molar-refractivity contribution in [1.29, 1.82) is 0 Å². The SMILES string of the molecule is Cn1cc(N2CCCC(Nc3ccc4nnc(C(C)(C)C)n4n3)C2)cn1. The van der Waals surface area contributed by atoms with Crippen molar-refractivity contribution >= 4 is 17.2 Å². The van der Waals surface area contributed by atoms with Crippen molar-refractivity contribution in [2.45, 2.75) is 45.1 Å². The first-order chi connectivity index (χ1) is 12.4. The molecule has 1 unspecified atom stereocenters. The Balaban J connectivity index is 1.53. The van der Waals surface area contributed by atoms with Crippen LogP contribution >= 0.6 is 0 Å². The lowest BCUT2D eigenvalue weighted by atomic mass is 9.96. The van der Waals surface area contributed by atoms with E-state index in [1.807, 2.05) is 34.6 Å². The van der Waals surface area contributed by atoms with Gasteiger partial charge in [0, 0.05) is 37.8 Å². The first-order valence-electron chi connectivity index (χ1n) is 9.13. The van der Waals surface area contributed by atoms with Gasteiger partial charge in [-0.15, -0.1) is 15.3 Å². The molecule has 8 nitrogen and oxygen atoms in total. The Labute approximate surface area is 153 Å². The highest BCUT2D eigenvalue weighted by molar-refractivity contribution is 5.47. The zero-order valence-corrected chi connectivity index (χ0v) is 15.8. The number of aromatic nitrogens is 6. The summed E-state index contributed by atoms with van der Waals surface area (Å²) in [6.45, 7) is 8.38. The molecule has 0 spiro atoms. The van der Waals surface area contributed by atoms with Crippen LogP contribution in [0.2, 0.25) is 0 Å². The van der Waals surface area contributed by atoms with E-state index in [-0.39, 0.29) is 5.41 Å². The Hall–Kier alpha value is -2.64. The number of anilines is 2. The molecule has 1 aliphatic rings. The van der Waals surface area contributed by atoms with E-state index in [0.29, 0.717) is 6.04 Å². The van der Waals surface area contributed by atoms with Crippen molar-refractivity contribution in [3.63, 3.8) is 0 Å². The molecule has 1 fully saturated rings. The maximum Gasteiger partial charge on any atom is 0.178 e. The zero-order chi connectivity index (χ0) is 18.3. The van der Waals surface area contributed by atoms with Crippen LogP contribution in [0.25, 0.3) is 5.65 Å². The molecule has 1 saturated heterocycles. The Morgan fingerprint density at radius 1 is 1.19 bits per heavy atom. The molecule has 138 valence electrons. The quantitative estimate of drug-likeness (QED) is 0.777. The first kappa shape index (κ1) is 16.8. The molecule has 3 aromatic rings. The number of aryl methyl sites for hydroxylation is 1. The minimum atomic E-state index is -0.104. The number of rotatable bonds is 3. The van der Waals surface area contributed by atoms with Gasteiger partial charge in [0.05, 0.1) is 11.9 Å². The summed E-state index contributed by atoms with van der Waals surface area (Å²) in [5.41, 5.74) is 1.85.